The molecule has 20 heavy (non-hydrogen) atoms. The molecule has 0 amide bonds. The fourth-order valence-electron chi connectivity index (χ4n) is 1.65. The molecule has 0 saturated carbocycles. The molecule has 0 saturated heterocycles. The van der Waals surface area contributed by atoms with Gasteiger partial charge in [-0.25, -0.2) is 4.39 Å². The van der Waals surface area contributed by atoms with Crippen LogP contribution in [0.2, 0.25) is 0 Å². The van der Waals surface area contributed by atoms with Crippen molar-refractivity contribution < 1.29 is 14.1 Å². The van der Waals surface area contributed by atoms with E-state index in [1.165, 1.54) is 30.3 Å². The summed E-state index contributed by atoms with van der Waals surface area (Å²) in [6.07, 6.45) is 0. The van der Waals surface area contributed by atoms with Gasteiger partial charge in [0, 0.05) is 22.6 Å². The average Bonchev–Trinajstić information content (AvgIpc) is 2.40. The number of hydrogen-bond acceptors (Lipinski definition) is 4. The molecule has 0 fully saturated rings. The number of halogens is 2. The minimum absolute atomic E-state index is 0.100. The van der Waals surface area contributed by atoms with Crippen LogP contribution in [0.3, 0.4) is 0 Å². The van der Waals surface area contributed by atoms with Gasteiger partial charge in [-0.05, 0) is 24.3 Å². The number of nitro benzene ring substituents is 1. The monoisotopic (exact) mass is 340 g/mol. The quantitative estimate of drug-likeness (QED) is 0.679. The summed E-state index contributed by atoms with van der Waals surface area (Å²) < 4.78 is 19.2. The van der Waals surface area contributed by atoms with Gasteiger partial charge in [0.25, 0.3) is 5.69 Å². The largest absolute Gasteiger partial charge is 0.457 e. The molecule has 0 spiro atoms. The molecule has 0 aliphatic rings. The van der Waals surface area contributed by atoms with Crippen molar-refractivity contribution in [3.63, 3.8) is 0 Å². The molecule has 2 aromatic rings. The van der Waals surface area contributed by atoms with Gasteiger partial charge in [0.1, 0.15) is 17.3 Å². The summed E-state index contributed by atoms with van der Waals surface area (Å²) in [7, 11) is 0. The molecule has 2 rings (SSSR count). The minimum Gasteiger partial charge on any atom is -0.457 e. The summed E-state index contributed by atoms with van der Waals surface area (Å²) in [6, 6.07) is 8.17. The van der Waals surface area contributed by atoms with E-state index in [-0.39, 0.29) is 18.0 Å². The van der Waals surface area contributed by atoms with Gasteiger partial charge in [0.2, 0.25) is 0 Å². The van der Waals surface area contributed by atoms with E-state index in [9.17, 15) is 14.5 Å². The number of nitrogens with zero attached hydrogens (tertiary/aromatic N) is 1. The molecule has 0 atom stereocenters. The Morgan fingerprint density at radius 2 is 2.05 bits per heavy atom. The van der Waals surface area contributed by atoms with E-state index in [0.717, 1.165) is 0 Å². The molecule has 0 heterocycles. The molecule has 2 N–H and O–H groups in total. The highest BCUT2D eigenvalue weighted by Gasteiger charge is 2.12. The third kappa shape index (κ3) is 3.31. The summed E-state index contributed by atoms with van der Waals surface area (Å²) >= 11 is 3.17. The van der Waals surface area contributed by atoms with Gasteiger partial charge in [-0.1, -0.05) is 15.9 Å². The van der Waals surface area contributed by atoms with E-state index in [4.69, 9.17) is 10.5 Å². The topological polar surface area (TPSA) is 78.4 Å². The Morgan fingerprint density at radius 1 is 1.30 bits per heavy atom. The first-order valence-corrected chi connectivity index (χ1v) is 6.40. The predicted molar refractivity (Wildman–Crippen MR) is 75.2 cm³/mol. The highest BCUT2D eigenvalue weighted by Crippen LogP contribution is 2.31. The number of hydrogen-bond donors (Lipinski definition) is 1. The van der Waals surface area contributed by atoms with Gasteiger partial charge < -0.3 is 10.5 Å². The van der Waals surface area contributed by atoms with Gasteiger partial charge in [-0.3, -0.25) is 10.1 Å². The number of non-ortho nitro benzene ring substituents is 1. The third-order valence-corrected chi connectivity index (χ3v) is 2.99. The fraction of sp³-hybridized carbons (Fsp3) is 0.0769. The molecule has 2 aromatic carbocycles. The molecule has 104 valence electrons. The maximum atomic E-state index is 13.1. The van der Waals surface area contributed by atoms with E-state index in [0.29, 0.717) is 15.8 Å². The first-order valence-electron chi connectivity index (χ1n) is 5.61. The highest BCUT2D eigenvalue weighted by atomic mass is 79.9. The molecular weight excluding hydrogens is 331 g/mol. The van der Waals surface area contributed by atoms with Crippen LogP contribution in [0.1, 0.15) is 5.56 Å². The van der Waals surface area contributed by atoms with E-state index >= 15 is 0 Å². The number of benzene rings is 2. The molecule has 5 nitrogen and oxygen atoms in total. The first kappa shape index (κ1) is 14.4. The maximum Gasteiger partial charge on any atom is 0.274 e. The van der Waals surface area contributed by atoms with Crippen molar-refractivity contribution in [1.82, 2.24) is 0 Å². The van der Waals surface area contributed by atoms with Crippen molar-refractivity contribution >= 4 is 21.6 Å². The molecule has 0 radical (unpaired) electrons. The Bertz CT molecular complexity index is 664. The van der Waals surface area contributed by atoms with E-state index in [1.54, 1.807) is 6.07 Å². The maximum absolute atomic E-state index is 13.1. The molecule has 0 unspecified atom stereocenters. The number of nitro groups is 1. The van der Waals surface area contributed by atoms with Gasteiger partial charge >= 0.3 is 0 Å². The normalized spacial score (nSPS) is 10.3. The van der Waals surface area contributed by atoms with Crippen LogP contribution in [0.15, 0.2) is 40.9 Å². The lowest BCUT2D eigenvalue weighted by Gasteiger charge is -2.10. The van der Waals surface area contributed by atoms with Crippen LogP contribution in [0.25, 0.3) is 0 Å². The molecule has 0 aliphatic carbocycles. The molecule has 0 bridgehead atoms. The fourth-order valence-corrected chi connectivity index (χ4v) is 2.11. The lowest BCUT2D eigenvalue weighted by atomic mass is 10.2. The summed E-state index contributed by atoms with van der Waals surface area (Å²) in [4.78, 5) is 10.3. The summed E-state index contributed by atoms with van der Waals surface area (Å²) in [5.41, 5.74) is 5.89. The van der Waals surface area contributed by atoms with E-state index in [1.807, 2.05) is 0 Å². The zero-order valence-corrected chi connectivity index (χ0v) is 11.8. The van der Waals surface area contributed by atoms with Crippen LogP contribution < -0.4 is 10.5 Å². The Kier molecular flexibility index (Phi) is 4.31. The second kappa shape index (κ2) is 5.98. The predicted octanol–water partition coefficient (Wildman–Crippen LogP) is 3.75. The number of ether oxygens (including phenoxy) is 1. The lowest BCUT2D eigenvalue weighted by molar-refractivity contribution is -0.385. The van der Waals surface area contributed by atoms with Gasteiger partial charge in [0.15, 0.2) is 0 Å². The highest BCUT2D eigenvalue weighted by molar-refractivity contribution is 9.10. The van der Waals surface area contributed by atoms with Crippen LogP contribution in [-0.4, -0.2) is 4.92 Å². The van der Waals surface area contributed by atoms with Crippen molar-refractivity contribution in [2.24, 2.45) is 5.73 Å². The van der Waals surface area contributed by atoms with Crippen LogP contribution >= 0.6 is 15.9 Å². The molecular formula is C13H10BrFN2O3. The molecule has 7 heteroatoms. The van der Waals surface area contributed by atoms with Crippen LogP contribution in [0.5, 0.6) is 11.5 Å². The van der Waals surface area contributed by atoms with Crippen LogP contribution in [-0.2, 0) is 6.54 Å². The van der Waals surface area contributed by atoms with Crippen LogP contribution in [0.4, 0.5) is 10.1 Å². The average molecular weight is 341 g/mol. The van der Waals surface area contributed by atoms with Gasteiger partial charge in [-0.15, -0.1) is 0 Å². The zero-order chi connectivity index (χ0) is 14.7. The van der Waals surface area contributed by atoms with Gasteiger partial charge in [0.05, 0.1) is 11.0 Å². The van der Waals surface area contributed by atoms with E-state index in [2.05, 4.69) is 15.9 Å². The summed E-state index contributed by atoms with van der Waals surface area (Å²) in [5, 5.41) is 10.8. The second-order valence-corrected chi connectivity index (χ2v) is 4.88. The SMILES string of the molecule is NCc1cc(F)ccc1Oc1cc(Br)cc([N+](=O)[O-])c1. The number of nitrogens with two attached hydrogens (primary N) is 1. The third-order valence-electron chi connectivity index (χ3n) is 2.54. The first-order chi connectivity index (χ1) is 9.49. The van der Waals surface area contributed by atoms with Crippen LogP contribution in [0, 0.1) is 15.9 Å². The Labute approximate surface area is 122 Å². The lowest BCUT2D eigenvalue weighted by Crippen LogP contribution is -2.00. The standard InChI is InChI=1S/C13H10BrFN2O3/c14-9-4-11(17(18)19)6-12(5-9)20-13-2-1-10(15)3-8(13)7-16/h1-6H,7,16H2. The van der Waals surface area contributed by atoms with Crippen molar-refractivity contribution in [3.8, 4) is 11.5 Å². The second-order valence-electron chi connectivity index (χ2n) is 3.96. The van der Waals surface area contributed by atoms with Gasteiger partial charge in [-0.2, -0.15) is 0 Å². The summed E-state index contributed by atoms with van der Waals surface area (Å²) in [6.45, 7) is 0.100. The zero-order valence-electron chi connectivity index (χ0n) is 10.2. The number of rotatable bonds is 4. The van der Waals surface area contributed by atoms with Crippen molar-refractivity contribution in [2.75, 3.05) is 0 Å². The van der Waals surface area contributed by atoms with Crippen molar-refractivity contribution in [1.29, 1.82) is 0 Å². The van der Waals surface area contributed by atoms with Crippen molar-refractivity contribution in [3.05, 3.63) is 62.4 Å². The van der Waals surface area contributed by atoms with E-state index < -0.39 is 10.7 Å². The minimum atomic E-state index is -0.522. The Morgan fingerprint density at radius 3 is 2.70 bits per heavy atom. The molecule has 0 aliphatic heterocycles. The molecule has 0 aromatic heterocycles. The smallest absolute Gasteiger partial charge is 0.274 e. The van der Waals surface area contributed by atoms with Crippen molar-refractivity contribution in [2.45, 2.75) is 6.54 Å². The Balaban J connectivity index is 2.37. The Hall–Kier alpha value is -1.99. The summed E-state index contributed by atoms with van der Waals surface area (Å²) in [5.74, 6) is 0.215.